The van der Waals surface area contributed by atoms with Gasteiger partial charge in [-0.25, -0.2) is 23.9 Å². The second kappa shape index (κ2) is 14.9. The summed E-state index contributed by atoms with van der Waals surface area (Å²) in [6.45, 7) is 0.796. The predicted octanol–water partition coefficient (Wildman–Crippen LogP) is -2.68. The number of carboxylic acids is 1. The zero-order chi connectivity index (χ0) is 32.2. The van der Waals surface area contributed by atoms with Gasteiger partial charge in [0, 0.05) is 23.8 Å². The van der Waals surface area contributed by atoms with Crippen LogP contribution in [0.5, 0.6) is 0 Å². The predicted molar refractivity (Wildman–Crippen MR) is 154 cm³/mol. The molecule has 6 amide bonds. The molecule has 0 radical (unpaired) electrons. The first kappa shape index (κ1) is 34.6. The maximum absolute atomic E-state index is 13.9. The molecule has 3 aliphatic heterocycles. The van der Waals surface area contributed by atoms with E-state index in [2.05, 4.69) is 15.7 Å². The first-order valence-corrected chi connectivity index (χ1v) is 14.7. The summed E-state index contributed by atoms with van der Waals surface area (Å²) in [7, 11) is 0. The fourth-order valence-corrected chi connectivity index (χ4v) is 6.22. The maximum Gasteiger partial charge on any atom is 1.00 e. The average Bonchev–Trinajstić information content (AvgIpc) is 3.40. The molecule has 3 aliphatic rings. The van der Waals surface area contributed by atoms with Gasteiger partial charge in [0.05, 0.1) is 31.0 Å². The largest absolute Gasteiger partial charge is 1.00 e. The summed E-state index contributed by atoms with van der Waals surface area (Å²) in [6.07, 6.45) is 1.16. The Morgan fingerprint density at radius 2 is 1.80 bits per heavy atom. The number of carbonyl (C=O) groups excluding carboxylic acids is 6. The molecule has 5 rings (SSSR count). The number of halogens is 1. The molecule has 0 aromatic heterocycles. The Labute approximate surface area is 288 Å². The number of esters is 1. The Kier molecular flexibility index (Phi) is 11.2. The molecule has 2 aromatic carbocycles. The van der Waals surface area contributed by atoms with Crippen molar-refractivity contribution in [3.05, 3.63) is 82.8 Å². The van der Waals surface area contributed by atoms with Crippen molar-refractivity contribution in [1.82, 2.24) is 25.4 Å². The number of ether oxygens (including phenoxy) is 1. The number of imide groups is 1. The SMILES string of the molecule is CC(=O)OCC1=C(C(=O)[O-])N2C(=O)C(NC(=O)C(NC(=O)N3CCN(N=Cc4ccccc4F)C3=O)c3ccccc3)[C@@H]2SC1.[Na+]. The second-order valence-electron chi connectivity index (χ2n) is 10.0. The quantitative estimate of drug-likeness (QED) is 0.125. The topological polar surface area (TPSA) is 181 Å². The fourth-order valence-electron chi connectivity index (χ4n) is 4.89. The zero-order valence-electron chi connectivity index (χ0n) is 24.7. The van der Waals surface area contributed by atoms with Crippen LogP contribution in [0, 0.1) is 5.82 Å². The van der Waals surface area contributed by atoms with E-state index >= 15 is 0 Å². The molecule has 0 aliphatic carbocycles. The fraction of sp³-hybridized carbons (Fsp3) is 0.276. The summed E-state index contributed by atoms with van der Waals surface area (Å²) in [5.41, 5.74) is 0.264. The van der Waals surface area contributed by atoms with Gasteiger partial charge in [-0.1, -0.05) is 48.5 Å². The third-order valence-electron chi connectivity index (χ3n) is 7.12. The van der Waals surface area contributed by atoms with Crippen molar-refractivity contribution < 1.29 is 72.6 Å². The number of hydrazone groups is 1. The zero-order valence-corrected chi connectivity index (χ0v) is 27.5. The smallest absolute Gasteiger partial charge is 0.543 e. The van der Waals surface area contributed by atoms with Crippen molar-refractivity contribution in [3.8, 4) is 0 Å². The van der Waals surface area contributed by atoms with E-state index in [1.807, 2.05) is 0 Å². The van der Waals surface area contributed by atoms with E-state index in [1.165, 1.54) is 18.2 Å². The van der Waals surface area contributed by atoms with Gasteiger partial charge in [0.1, 0.15) is 29.9 Å². The van der Waals surface area contributed by atoms with Crippen LogP contribution in [0.15, 0.2) is 71.0 Å². The van der Waals surface area contributed by atoms with Crippen LogP contribution in [0.3, 0.4) is 0 Å². The summed E-state index contributed by atoms with van der Waals surface area (Å²) >= 11 is 1.16. The van der Waals surface area contributed by atoms with Crippen molar-refractivity contribution >= 4 is 53.8 Å². The number of fused-ring (bicyclic) bond motifs is 1. The Balaban J connectivity index is 0.00000480. The van der Waals surface area contributed by atoms with Gasteiger partial charge in [0.15, 0.2) is 0 Å². The number of amides is 6. The third kappa shape index (κ3) is 7.25. The molecule has 17 heteroatoms. The molecule has 2 fully saturated rings. The van der Waals surface area contributed by atoms with Crippen molar-refractivity contribution in [2.75, 3.05) is 25.4 Å². The van der Waals surface area contributed by atoms with Gasteiger partial charge in [-0.3, -0.25) is 19.3 Å². The third-order valence-corrected chi connectivity index (χ3v) is 8.46. The van der Waals surface area contributed by atoms with Gasteiger partial charge in [-0.05, 0) is 11.6 Å². The molecule has 0 bridgehead atoms. The monoisotopic (exact) mass is 660 g/mol. The molecule has 2 unspecified atom stereocenters. The number of nitrogens with zero attached hydrogens (tertiary/aromatic N) is 4. The minimum absolute atomic E-state index is 0. The minimum Gasteiger partial charge on any atom is -0.543 e. The van der Waals surface area contributed by atoms with E-state index in [1.54, 1.807) is 36.4 Å². The molecule has 2 aromatic rings. The second-order valence-corrected chi connectivity index (χ2v) is 11.1. The summed E-state index contributed by atoms with van der Waals surface area (Å²) in [6, 6.07) is 9.78. The van der Waals surface area contributed by atoms with Gasteiger partial charge in [-0.2, -0.15) is 5.10 Å². The number of hydrogen-bond donors (Lipinski definition) is 2. The molecule has 2 N–H and O–H groups in total. The van der Waals surface area contributed by atoms with Gasteiger partial charge < -0.3 is 25.3 Å². The number of carboxylic acid groups (broad SMARTS) is 1. The number of β-lactam (4-membered cyclic amide) rings is 1. The summed E-state index contributed by atoms with van der Waals surface area (Å²) < 4.78 is 18.8. The van der Waals surface area contributed by atoms with E-state index in [4.69, 9.17) is 4.74 Å². The van der Waals surface area contributed by atoms with Crippen LogP contribution in [-0.2, 0) is 23.9 Å². The van der Waals surface area contributed by atoms with Crippen LogP contribution < -0.4 is 45.3 Å². The Morgan fingerprint density at radius 1 is 1.11 bits per heavy atom. The van der Waals surface area contributed by atoms with Crippen molar-refractivity contribution in [3.63, 3.8) is 0 Å². The van der Waals surface area contributed by atoms with Crippen LogP contribution in [-0.4, -0.2) is 93.7 Å². The van der Waals surface area contributed by atoms with Crippen molar-refractivity contribution in [2.45, 2.75) is 24.4 Å². The van der Waals surface area contributed by atoms with Gasteiger partial charge >= 0.3 is 47.6 Å². The van der Waals surface area contributed by atoms with E-state index in [9.17, 15) is 38.3 Å². The summed E-state index contributed by atoms with van der Waals surface area (Å²) in [4.78, 5) is 77.7. The molecule has 0 saturated carbocycles. The van der Waals surface area contributed by atoms with Crippen LogP contribution in [0.2, 0.25) is 0 Å². The van der Waals surface area contributed by atoms with E-state index in [-0.39, 0.29) is 66.1 Å². The molecular weight excluding hydrogens is 634 g/mol. The maximum atomic E-state index is 13.9. The molecule has 3 atom stereocenters. The van der Waals surface area contributed by atoms with Gasteiger partial charge in [-0.15, -0.1) is 11.8 Å². The number of aliphatic carboxylic acids is 1. The van der Waals surface area contributed by atoms with Crippen LogP contribution in [0.1, 0.15) is 24.1 Å². The Bertz CT molecular complexity index is 1630. The van der Waals surface area contributed by atoms with Crippen molar-refractivity contribution in [1.29, 1.82) is 0 Å². The number of thioether (sulfide) groups is 1. The number of rotatable bonds is 9. The number of urea groups is 2. The summed E-state index contributed by atoms with van der Waals surface area (Å²) in [5.74, 6) is -4.19. The average molecular weight is 661 g/mol. The number of carbonyl (C=O) groups is 6. The Hall–Kier alpha value is -4.25. The van der Waals surface area contributed by atoms with Crippen LogP contribution in [0.25, 0.3) is 0 Å². The molecular formula is C29H26FN6NaO8S. The molecule has 46 heavy (non-hydrogen) atoms. The van der Waals surface area contributed by atoms with Crippen molar-refractivity contribution in [2.24, 2.45) is 5.10 Å². The molecule has 3 heterocycles. The van der Waals surface area contributed by atoms with E-state index in [0.717, 1.165) is 39.7 Å². The molecule has 2 saturated heterocycles. The van der Waals surface area contributed by atoms with Crippen LogP contribution in [0.4, 0.5) is 14.0 Å². The first-order chi connectivity index (χ1) is 21.6. The summed E-state index contributed by atoms with van der Waals surface area (Å²) in [5, 5.41) is 21.2. The van der Waals surface area contributed by atoms with E-state index < -0.39 is 64.8 Å². The molecule has 0 spiro atoms. The minimum atomic E-state index is -1.63. The Morgan fingerprint density at radius 3 is 2.48 bits per heavy atom. The normalized spacial score (nSPS) is 19.7. The number of benzene rings is 2. The van der Waals surface area contributed by atoms with E-state index in [0.29, 0.717) is 5.56 Å². The number of nitrogens with one attached hydrogen (secondary N) is 2. The number of hydrogen-bond acceptors (Lipinski definition) is 10. The van der Waals surface area contributed by atoms with Gasteiger partial charge in [0.25, 0.3) is 5.91 Å². The van der Waals surface area contributed by atoms with Crippen LogP contribution >= 0.6 is 11.8 Å². The molecule has 234 valence electrons. The molecule has 14 nitrogen and oxygen atoms in total. The standard InChI is InChI=1S/C29H27FN6O8S.Na/c1-16(37)44-14-19-15-45-26-22(25(39)36(26)23(19)27(40)41)32-24(38)21(17-7-3-2-4-8-17)33-28(42)34-11-12-35(29(34)43)31-13-18-9-5-6-10-20(18)30;/h2-10,13,21-22,26H,11-12,14-15H2,1H3,(H,32,38)(H,33,42)(H,40,41);/q;+1/p-1/t21?,22?,26-;/m0./s1. The first-order valence-electron chi connectivity index (χ1n) is 13.6. The van der Waals surface area contributed by atoms with Gasteiger partial charge in [0.2, 0.25) is 5.91 Å².